The number of ether oxygens (including phenoxy) is 1. The van der Waals surface area contributed by atoms with Crippen LogP contribution in [-0.2, 0) is 6.42 Å². The number of benzene rings is 2. The van der Waals surface area contributed by atoms with Gasteiger partial charge in [-0.2, -0.15) is 0 Å². The zero-order valence-corrected chi connectivity index (χ0v) is 16.5. The van der Waals surface area contributed by atoms with E-state index in [1.54, 1.807) is 19.2 Å². The molecule has 0 fully saturated rings. The quantitative estimate of drug-likeness (QED) is 0.620. The zero-order chi connectivity index (χ0) is 19.9. The van der Waals surface area contributed by atoms with Gasteiger partial charge in [0, 0.05) is 29.6 Å². The number of aromatic nitrogens is 2. The summed E-state index contributed by atoms with van der Waals surface area (Å²) in [6.07, 6.45) is 3.82. The largest absolute Gasteiger partial charge is 0.497 e. The molecule has 28 heavy (non-hydrogen) atoms. The summed E-state index contributed by atoms with van der Waals surface area (Å²) in [6.45, 7) is 2.58. The van der Waals surface area contributed by atoms with E-state index in [-0.39, 0.29) is 5.91 Å². The second-order valence-electron chi connectivity index (χ2n) is 6.23. The summed E-state index contributed by atoms with van der Waals surface area (Å²) in [5.41, 5.74) is 3.15. The smallest absolute Gasteiger partial charge is 0.258 e. The van der Waals surface area contributed by atoms with Gasteiger partial charge in [-0.25, -0.2) is 9.97 Å². The van der Waals surface area contributed by atoms with Crippen molar-refractivity contribution in [1.82, 2.24) is 9.97 Å². The van der Waals surface area contributed by atoms with Crippen LogP contribution in [0, 0.1) is 6.92 Å². The van der Waals surface area contributed by atoms with Crippen molar-refractivity contribution in [3.63, 3.8) is 0 Å². The summed E-state index contributed by atoms with van der Waals surface area (Å²) in [5, 5.41) is 6.54. The van der Waals surface area contributed by atoms with Gasteiger partial charge >= 0.3 is 0 Å². The van der Waals surface area contributed by atoms with Crippen molar-refractivity contribution in [1.29, 1.82) is 0 Å². The number of amides is 1. The van der Waals surface area contributed by atoms with Crippen molar-refractivity contribution in [3.8, 4) is 5.75 Å². The van der Waals surface area contributed by atoms with Gasteiger partial charge in [-0.3, -0.25) is 4.79 Å². The van der Waals surface area contributed by atoms with E-state index in [0.29, 0.717) is 28.8 Å². The predicted octanol–water partition coefficient (Wildman–Crippen LogP) is 4.35. The standard InChI is InChI=1S/C21H21ClN4O2/c1-14-3-6-17(22)11-19(14)26-20(27)16-12-24-21(25-13-16)23-10-9-15-4-7-18(28-2)8-5-15/h3-8,11-13H,9-10H2,1-2H3,(H,26,27)(H,23,24,25). The number of carbonyl (C=O) groups is 1. The average Bonchev–Trinajstić information content (AvgIpc) is 2.71. The lowest BCUT2D eigenvalue weighted by atomic mass is 10.1. The molecule has 0 bridgehead atoms. The Morgan fingerprint density at radius 2 is 1.82 bits per heavy atom. The number of aryl methyl sites for hydroxylation is 1. The van der Waals surface area contributed by atoms with E-state index >= 15 is 0 Å². The van der Waals surface area contributed by atoms with E-state index in [9.17, 15) is 4.79 Å². The summed E-state index contributed by atoms with van der Waals surface area (Å²) >= 11 is 5.98. The molecule has 3 rings (SSSR count). The summed E-state index contributed by atoms with van der Waals surface area (Å²) in [6, 6.07) is 13.2. The van der Waals surface area contributed by atoms with E-state index in [4.69, 9.17) is 16.3 Å². The Morgan fingerprint density at radius 3 is 2.50 bits per heavy atom. The number of hydrogen-bond acceptors (Lipinski definition) is 5. The Morgan fingerprint density at radius 1 is 1.11 bits per heavy atom. The first-order valence-corrected chi connectivity index (χ1v) is 9.19. The SMILES string of the molecule is COc1ccc(CCNc2ncc(C(=O)Nc3cc(Cl)ccc3C)cn2)cc1. The third kappa shape index (κ3) is 5.20. The van der Waals surface area contributed by atoms with Gasteiger partial charge in [-0.05, 0) is 48.7 Å². The number of carbonyl (C=O) groups excluding carboxylic acids is 1. The molecule has 3 aromatic rings. The lowest BCUT2D eigenvalue weighted by molar-refractivity contribution is 0.102. The molecule has 0 atom stereocenters. The van der Waals surface area contributed by atoms with Crippen molar-refractivity contribution in [2.45, 2.75) is 13.3 Å². The minimum Gasteiger partial charge on any atom is -0.497 e. The minimum absolute atomic E-state index is 0.282. The lowest BCUT2D eigenvalue weighted by Gasteiger charge is -2.09. The Balaban J connectivity index is 1.53. The highest BCUT2D eigenvalue weighted by Crippen LogP contribution is 2.20. The van der Waals surface area contributed by atoms with Crippen LogP contribution in [0.2, 0.25) is 5.02 Å². The topological polar surface area (TPSA) is 76.1 Å². The van der Waals surface area contributed by atoms with Crippen LogP contribution in [0.25, 0.3) is 0 Å². The van der Waals surface area contributed by atoms with E-state index in [1.807, 2.05) is 37.3 Å². The first-order chi connectivity index (χ1) is 13.5. The fourth-order valence-corrected chi connectivity index (χ4v) is 2.74. The van der Waals surface area contributed by atoms with Gasteiger partial charge in [0.1, 0.15) is 5.75 Å². The number of anilines is 2. The average molecular weight is 397 g/mol. The van der Waals surface area contributed by atoms with Crippen LogP contribution in [0.1, 0.15) is 21.5 Å². The molecule has 0 aliphatic heterocycles. The van der Waals surface area contributed by atoms with E-state index in [1.165, 1.54) is 18.0 Å². The molecular formula is C21H21ClN4O2. The second-order valence-corrected chi connectivity index (χ2v) is 6.67. The van der Waals surface area contributed by atoms with Crippen LogP contribution in [0.15, 0.2) is 54.9 Å². The highest BCUT2D eigenvalue weighted by atomic mass is 35.5. The number of hydrogen-bond donors (Lipinski definition) is 2. The van der Waals surface area contributed by atoms with Crippen LogP contribution in [0.3, 0.4) is 0 Å². The predicted molar refractivity (Wildman–Crippen MR) is 111 cm³/mol. The third-order valence-corrected chi connectivity index (χ3v) is 4.45. The van der Waals surface area contributed by atoms with Gasteiger partial charge in [0.2, 0.25) is 5.95 Å². The molecule has 0 saturated heterocycles. The van der Waals surface area contributed by atoms with Gasteiger partial charge < -0.3 is 15.4 Å². The summed E-state index contributed by atoms with van der Waals surface area (Å²) in [7, 11) is 1.65. The summed E-state index contributed by atoms with van der Waals surface area (Å²) in [5.74, 6) is 1.03. The fraction of sp³-hybridized carbons (Fsp3) is 0.190. The van der Waals surface area contributed by atoms with Crippen molar-refractivity contribution in [2.75, 3.05) is 24.3 Å². The van der Waals surface area contributed by atoms with Crippen molar-refractivity contribution in [2.24, 2.45) is 0 Å². The molecule has 1 aromatic heterocycles. The van der Waals surface area contributed by atoms with E-state index in [2.05, 4.69) is 20.6 Å². The van der Waals surface area contributed by atoms with Gasteiger partial charge in [0.15, 0.2) is 0 Å². The molecule has 2 N–H and O–H groups in total. The molecule has 6 nitrogen and oxygen atoms in total. The molecule has 0 unspecified atom stereocenters. The monoisotopic (exact) mass is 396 g/mol. The number of rotatable bonds is 7. The first-order valence-electron chi connectivity index (χ1n) is 8.81. The fourth-order valence-electron chi connectivity index (χ4n) is 2.57. The Labute approximate surface area is 168 Å². The molecule has 0 saturated carbocycles. The molecule has 1 amide bonds. The van der Waals surface area contributed by atoms with Gasteiger partial charge in [-0.15, -0.1) is 0 Å². The molecule has 0 aliphatic carbocycles. The summed E-state index contributed by atoms with van der Waals surface area (Å²) in [4.78, 5) is 20.8. The van der Waals surface area contributed by atoms with Crippen molar-refractivity contribution >= 4 is 29.1 Å². The zero-order valence-electron chi connectivity index (χ0n) is 15.7. The normalized spacial score (nSPS) is 10.4. The minimum atomic E-state index is -0.282. The lowest BCUT2D eigenvalue weighted by Crippen LogP contribution is -2.14. The molecule has 0 radical (unpaired) electrons. The maximum atomic E-state index is 12.4. The van der Waals surface area contributed by atoms with Crippen LogP contribution in [-0.4, -0.2) is 29.5 Å². The van der Waals surface area contributed by atoms with Crippen molar-refractivity contribution < 1.29 is 9.53 Å². The Hall–Kier alpha value is -3.12. The van der Waals surface area contributed by atoms with Crippen LogP contribution < -0.4 is 15.4 Å². The first kappa shape index (κ1) is 19.6. The molecular weight excluding hydrogens is 376 g/mol. The van der Waals surface area contributed by atoms with Crippen molar-refractivity contribution in [3.05, 3.63) is 76.6 Å². The molecule has 7 heteroatoms. The number of methoxy groups -OCH3 is 1. The maximum absolute atomic E-state index is 12.4. The van der Waals surface area contributed by atoms with E-state index in [0.717, 1.165) is 17.7 Å². The Bertz CT molecular complexity index is 944. The number of nitrogens with one attached hydrogen (secondary N) is 2. The molecule has 144 valence electrons. The molecule has 0 aliphatic rings. The third-order valence-electron chi connectivity index (χ3n) is 4.22. The van der Waals surface area contributed by atoms with Gasteiger partial charge in [0.05, 0.1) is 12.7 Å². The second kappa shape index (κ2) is 9.19. The van der Waals surface area contributed by atoms with Crippen LogP contribution in [0.5, 0.6) is 5.75 Å². The van der Waals surface area contributed by atoms with Gasteiger partial charge in [-0.1, -0.05) is 29.8 Å². The number of nitrogens with zero attached hydrogens (tertiary/aromatic N) is 2. The highest BCUT2D eigenvalue weighted by Gasteiger charge is 2.09. The molecule has 1 heterocycles. The molecule has 0 spiro atoms. The highest BCUT2D eigenvalue weighted by molar-refractivity contribution is 6.31. The van der Waals surface area contributed by atoms with Crippen LogP contribution >= 0.6 is 11.6 Å². The maximum Gasteiger partial charge on any atom is 0.258 e. The van der Waals surface area contributed by atoms with Crippen LogP contribution in [0.4, 0.5) is 11.6 Å². The Kier molecular flexibility index (Phi) is 6.45. The number of halogens is 1. The van der Waals surface area contributed by atoms with E-state index < -0.39 is 0 Å². The summed E-state index contributed by atoms with van der Waals surface area (Å²) < 4.78 is 5.15. The molecule has 2 aromatic carbocycles. The van der Waals surface area contributed by atoms with Gasteiger partial charge in [0.25, 0.3) is 5.91 Å².